The zero-order chi connectivity index (χ0) is 26.4. The lowest BCUT2D eigenvalue weighted by atomic mass is 9.76. The molecule has 3 aromatic rings. The zero-order valence-electron chi connectivity index (χ0n) is 22.3. The van der Waals surface area contributed by atoms with E-state index in [9.17, 15) is 14.0 Å². The Morgan fingerprint density at radius 1 is 0.973 bits per heavy atom. The molecule has 2 saturated carbocycles. The number of nitrogens with zero attached hydrogens (tertiary/aromatic N) is 1. The minimum atomic E-state index is -1.22. The molecule has 37 heavy (non-hydrogen) atoms. The van der Waals surface area contributed by atoms with Crippen molar-refractivity contribution in [3.63, 3.8) is 0 Å². The standard InChI is InChI=1S/C29H33FN2O3.C2H6/c1-35-17-16-32-27(33)25(19-20-6-5-9-24(18-20)29(30)14-15-29)26(31-28(32)34)23-12-10-22(11-13-23)21-7-3-2-4-8-21;1-2/h2-9,18,22-23H,10-17,19H2,1H3,(H,31,34);1-2H3. The molecule has 1 heterocycles. The number of halogens is 1. The largest absolute Gasteiger partial charge is 0.383 e. The molecule has 0 spiro atoms. The molecule has 198 valence electrons. The topological polar surface area (TPSA) is 64.1 Å². The summed E-state index contributed by atoms with van der Waals surface area (Å²) in [6, 6.07) is 18.1. The summed E-state index contributed by atoms with van der Waals surface area (Å²) >= 11 is 0. The van der Waals surface area contributed by atoms with Crippen molar-refractivity contribution >= 4 is 0 Å². The first-order valence-corrected chi connectivity index (χ1v) is 13.7. The molecule has 1 aromatic heterocycles. The first kappa shape index (κ1) is 27.1. The van der Waals surface area contributed by atoms with Crippen LogP contribution >= 0.6 is 0 Å². The molecule has 0 saturated heterocycles. The predicted octanol–water partition coefficient (Wildman–Crippen LogP) is 6.20. The summed E-state index contributed by atoms with van der Waals surface area (Å²) in [6.45, 7) is 4.48. The highest BCUT2D eigenvalue weighted by atomic mass is 19.1. The normalized spacial score (nSPS) is 20.1. The molecule has 2 aliphatic carbocycles. The third kappa shape index (κ3) is 6.12. The van der Waals surface area contributed by atoms with Gasteiger partial charge in [-0.05, 0) is 67.1 Å². The fourth-order valence-corrected chi connectivity index (χ4v) is 5.54. The molecule has 2 fully saturated rings. The number of rotatable bonds is 8. The fourth-order valence-electron chi connectivity index (χ4n) is 5.54. The molecule has 0 radical (unpaired) electrons. The Balaban J connectivity index is 0.00000156. The lowest BCUT2D eigenvalue weighted by Crippen LogP contribution is -2.40. The molecule has 2 aromatic carbocycles. The number of nitrogens with one attached hydrogen (secondary N) is 1. The molecule has 0 bridgehead atoms. The molecule has 0 atom stereocenters. The van der Waals surface area contributed by atoms with Crippen LogP contribution in [0.25, 0.3) is 0 Å². The van der Waals surface area contributed by atoms with E-state index in [0.717, 1.165) is 36.9 Å². The van der Waals surface area contributed by atoms with Gasteiger partial charge in [0.15, 0.2) is 0 Å². The lowest BCUT2D eigenvalue weighted by Gasteiger charge is -2.30. The van der Waals surface area contributed by atoms with Crippen LogP contribution in [0.4, 0.5) is 4.39 Å². The van der Waals surface area contributed by atoms with Crippen molar-refractivity contribution < 1.29 is 9.13 Å². The Bertz CT molecular complexity index is 1290. The Kier molecular flexibility index (Phi) is 8.80. The van der Waals surface area contributed by atoms with Crippen LogP contribution in [0.2, 0.25) is 0 Å². The van der Waals surface area contributed by atoms with Gasteiger partial charge in [0.05, 0.1) is 13.2 Å². The van der Waals surface area contributed by atoms with E-state index in [-0.39, 0.29) is 30.3 Å². The van der Waals surface area contributed by atoms with Crippen molar-refractivity contribution in [1.82, 2.24) is 9.55 Å². The van der Waals surface area contributed by atoms with Crippen LogP contribution in [-0.4, -0.2) is 23.3 Å². The van der Waals surface area contributed by atoms with Gasteiger partial charge in [-0.25, -0.2) is 9.18 Å². The van der Waals surface area contributed by atoms with E-state index in [1.165, 1.54) is 10.1 Å². The third-order valence-electron chi connectivity index (χ3n) is 7.75. The quantitative estimate of drug-likeness (QED) is 0.396. The monoisotopic (exact) mass is 506 g/mol. The first-order chi connectivity index (χ1) is 18.0. The molecule has 0 unspecified atom stereocenters. The van der Waals surface area contributed by atoms with Gasteiger partial charge in [0.2, 0.25) is 0 Å². The van der Waals surface area contributed by atoms with Gasteiger partial charge in [-0.3, -0.25) is 9.36 Å². The number of alkyl halides is 1. The summed E-state index contributed by atoms with van der Waals surface area (Å²) < 4.78 is 21.1. The van der Waals surface area contributed by atoms with Gasteiger partial charge in [-0.1, -0.05) is 68.4 Å². The number of aromatic amines is 1. The SMILES string of the molecule is CC.COCCn1c(=O)[nH]c(C2CCC(c3ccccc3)CC2)c(Cc2cccc(C3(F)CC3)c2)c1=O. The Labute approximate surface area is 218 Å². The van der Waals surface area contributed by atoms with Crippen molar-refractivity contribution in [3.8, 4) is 0 Å². The van der Waals surface area contributed by atoms with Gasteiger partial charge in [0.1, 0.15) is 5.67 Å². The summed E-state index contributed by atoms with van der Waals surface area (Å²) in [5, 5.41) is 0. The van der Waals surface area contributed by atoms with E-state index in [2.05, 4.69) is 29.2 Å². The van der Waals surface area contributed by atoms with Crippen molar-refractivity contribution in [2.75, 3.05) is 13.7 Å². The molecular formula is C31H39FN2O3. The van der Waals surface area contributed by atoms with Crippen LogP contribution in [0, 0.1) is 0 Å². The zero-order valence-corrected chi connectivity index (χ0v) is 22.3. The van der Waals surface area contributed by atoms with Crippen molar-refractivity contribution in [1.29, 1.82) is 0 Å². The van der Waals surface area contributed by atoms with Gasteiger partial charge in [-0.15, -0.1) is 0 Å². The molecule has 2 aliphatic rings. The number of benzene rings is 2. The average molecular weight is 507 g/mol. The van der Waals surface area contributed by atoms with E-state index in [0.29, 0.717) is 36.3 Å². The summed E-state index contributed by atoms with van der Waals surface area (Å²) in [5.74, 6) is 0.627. The molecule has 0 aliphatic heterocycles. The lowest BCUT2D eigenvalue weighted by molar-refractivity contribution is 0.184. The maximum absolute atomic E-state index is 14.7. The van der Waals surface area contributed by atoms with Crippen LogP contribution < -0.4 is 11.2 Å². The Morgan fingerprint density at radius 2 is 1.65 bits per heavy atom. The second-order valence-electron chi connectivity index (χ2n) is 10.1. The minimum Gasteiger partial charge on any atom is -0.383 e. The van der Waals surface area contributed by atoms with Crippen molar-refractivity contribution in [3.05, 3.63) is 103 Å². The smallest absolute Gasteiger partial charge is 0.328 e. The number of hydrogen-bond acceptors (Lipinski definition) is 3. The second kappa shape index (κ2) is 12.0. The molecule has 1 N–H and O–H groups in total. The van der Waals surface area contributed by atoms with Crippen molar-refractivity contribution in [2.45, 2.75) is 82.8 Å². The fraction of sp³-hybridized carbons (Fsp3) is 0.484. The Morgan fingerprint density at radius 3 is 2.30 bits per heavy atom. The van der Waals surface area contributed by atoms with E-state index in [1.54, 1.807) is 7.11 Å². The highest BCUT2D eigenvalue weighted by Gasteiger charge is 2.44. The summed E-state index contributed by atoms with van der Waals surface area (Å²) in [4.78, 5) is 29.5. The Hall–Kier alpha value is -2.99. The molecule has 0 amide bonds. The number of aromatic nitrogens is 2. The van der Waals surface area contributed by atoms with Crippen LogP contribution in [0.1, 0.15) is 92.2 Å². The summed E-state index contributed by atoms with van der Waals surface area (Å²) in [7, 11) is 1.55. The van der Waals surface area contributed by atoms with Crippen LogP contribution in [-0.2, 0) is 23.4 Å². The number of methoxy groups -OCH3 is 1. The van der Waals surface area contributed by atoms with Crippen LogP contribution in [0.15, 0.2) is 64.2 Å². The predicted molar refractivity (Wildman–Crippen MR) is 146 cm³/mol. The number of ether oxygens (including phenoxy) is 1. The molecule has 6 heteroatoms. The maximum Gasteiger partial charge on any atom is 0.328 e. The minimum absolute atomic E-state index is 0.126. The number of H-pyrrole nitrogens is 1. The van der Waals surface area contributed by atoms with Gasteiger partial charge < -0.3 is 9.72 Å². The highest BCUT2D eigenvalue weighted by Crippen LogP contribution is 2.49. The van der Waals surface area contributed by atoms with E-state index in [1.807, 2.05) is 44.2 Å². The summed E-state index contributed by atoms with van der Waals surface area (Å²) in [5.41, 5.74) is 2.43. The van der Waals surface area contributed by atoms with Crippen LogP contribution in [0.3, 0.4) is 0 Å². The summed E-state index contributed by atoms with van der Waals surface area (Å²) in [6.07, 6.45) is 5.34. The molecule has 5 nitrogen and oxygen atoms in total. The van der Waals surface area contributed by atoms with E-state index < -0.39 is 5.67 Å². The third-order valence-corrected chi connectivity index (χ3v) is 7.75. The molecular weight excluding hydrogens is 467 g/mol. The maximum atomic E-state index is 14.7. The van der Waals surface area contributed by atoms with Gasteiger partial charge in [-0.2, -0.15) is 0 Å². The average Bonchev–Trinajstić information content (AvgIpc) is 3.70. The highest BCUT2D eigenvalue weighted by molar-refractivity contribution is 5.36. The second-order valence-corrected chi connectivity index (χ2v) is 10.1. The molecule has 5 rings (SSSR count). The van der Waals surface area contributed by atoms with Crippen LogP contribution in [0.5, 0.6) is 0 Å². The van der Waals surface area contributed by atoms with Gasteiger partial charge in [0.25, 0.3) is 5.56 Å². The van der Waals surface area contributed by atoms with Crippen molar-refractivity contribution in [2.24, 2.45) is 0 Å². The van der Waals surface area contributed by atoms with E-state index in [4.69, 9.17) is 4.74 Å². The van der Waals surface area contributed by atoms with Gasteiger partial charge in [0, 0.05) is 24.8 Å². The van der Waals surface area contributed by atoms with Gasteiger partial charge >= 0.3 is 5.69 Å². The number of hydrogen-bond donors (Lipinski definition) is 1. The first-order valence-electron chi connectivity index (χ1n) is 13.7. The van der Waals surface area contributed by atoms with E-state index >= 15 is 0 Å².